The van der Waals surface area contributed by atoms with Crippen molar-refractivity contribution in [1.29, 1.82) is 0 Å². The average molecular weight is 448 g/mol. The summed E-state index contributed by atoms with van der Waals surface area (Å²) < 4.78 is 1.79. The molecule has 5 nitrogen and oxygen atoms in total. The van der Waals surface area contributed by atoms with Crippen molar-refractivity contribution >= 4 is 50.8 Å². The van der Waals surface area contributed by atoms with Crippen LogP contribution in [0.25, 0.3) is 10.2 Å². The Morgan fingerprint density at radius 1 is 1.00 bits per heavy atom. The molecular formula is C24H21N3O2S2. The lowest BCUT2D eigenvalue weighted by atomic mass is 10.1. The summed E-state index contributed by atoms with van der Waals surface area (Å²) in [6.45, 7) is 1.97. The van der Waals surface area contributed by atoms with Crippen molar-refractivity contribution < 1.29 is 9.59 Å². The monoisotopic (exact) mass is 447 g/mol. The van der Waals surface area contributed by atoms with Crippen LogP contribution in [0.1, 0.15) is 28.9 Å². The Morgan fingerprint density at radius 3 is 2.45 bits per heavy atom. The largest absolute Gasteiger partial charge is 0.349 e. The minimum absolute atomic E-state index is 0.0311. The second-order valence-corrected chi connectivity index (χ2v) is 9.22. The number of carbonyl (C=O) groups is 2. The van der Waals surface area contributed by atoms with Crippen LogP contribution >= 0.6 is 23.1 Å². The Hall–Kier alpha value is -3.16. The number of hydrogen-bond donors (Lipinski definition) is 2. The zero-order valence-corrected chi connectivity index (χ0v) is 18.5. The first-order valence-corrected chi connectivity index (χ1v) is 11.6. The molecule has 31 heavy (non-hydrogen) atoms. The van der Waals surface area contributed by atoms with Crippen LogP contribution in [0.2, 0.25) is 0 Å². The van der Waals surface area contributed by atoms with Gasteiger partial charge >= 0.3 is 0 Å². The van der Waals surface area contributed by atoms with Gasteiger partial charge in [-0.2, -0.15) is 0 Å². The number of hydrogen-bond acceptors (Lipinski definition) is 5. The fourth-order valence-electron chi connectivity index (χ4n) is 3.07. The summed E-state index contributed by atoms with van der Waals surface area (Å²) in [4.78, 5) is 29.3. The number of carbonyl (C=O) groups excluding carboxylic acids is 2. The van der Waals surface area contributed by atoms with Crippen LogP contribution in [-0.4, -0.2) is 22.6 Å². The van der Waals surface area contributed by atoms with E-state index >= 15 is 0 Å². The van der Waals surface area contributed by atoms with Gasteiger partial charge in [0.15, 0.2) is 4.34 Å². The number of benzene rings is 3. The first kappa shape index (κ1) is 21.1. The van der Waals surface area contributed by atoms with Crippen LogP contribution in [0, 0.1) is 0 Å². The van der Waals surface area contributed by atoms with Gasteiger partial charge in [0, 0.05) is 11.3 Å². The third kappa shape index (κ3) is 5.51. The van der Waals surface area contributed by atoms with E-state index in [1.807, 2.05) is 73.7 Å². The van der Waals surface area contributed by atoms with Gasteiger partial charge in [-0.25, -0.2) is 4.98 Å². The molecule has 2 amide bonds. The molecule has 1 heterocycles. The maximum Gasteiger partial charge on any atom is 0.255 e. The zero-order valence-electron chi connectivity index (χ0n) is 16.9. The molecule has 0 fully saturated rings. The summed E-state index contributed by atoms with van der Waals surface area (Å²) >= 11 is 2.93. The van der Waals surface area contributed by atoms with Crippen LogP contribution in [0.5, 0.6) is 0 Å². The molecule has 7 heteroatoms. The van der Waals surface area contributed by atoms with E-state index in [2.05, 4.69) is 15.6 Å². The van der Waals surface area contributed by atoms with E-state index in [0.29, 0.717) is 11.3 Å². The number of rotatable bonds is 7. The molecule has 0 bridgehead atoms. The van der Waals surface area contributed by atoms with Crippen LogP contribution in [0.3, 0.4) is 0 Å². The highest BCUT2D eigenvalue weighted by atomic mass is 32.2. The van der Waals surface area contributed by atoms with Crippen molar-refractivity contribution in [3.8, 4) is 0 Å². The molecular weight excluding hydrogens is 426 g/mol. The van der Waals surface area contributed by atoms with Gasteiger partial charge < -0.3 is 10.6 Å². The number of anilines is 1. The van der Waals surface area contributed by atoms with Crippen LogP contribution in [0.15, 0.2) is 83.2 Å². The molecule has 2 N–H and O–H groups in total. The van der Waals surface area contributed by atoms with Crippen molar-refractivity contribution in [2.45, 2.75) is 17.3 Å². The molecule has 3 aromatic carbocycles. The van der Waals surface area contributed by atoms with Crippen LogP contribution < -0.4 is 10.6 Å². The molecule has 0 aliphatic heterocycles. The molecule has 0 spiro atoms. The predicted octanol–water partition coefficient (Wildman–Crippen LogP) is 5.52. The molecule has 1 aromatic heterocycles. The third-order valence-electron chi connectivity index (χ3n) is 4.67. The molecule has 1 unspecified atom stereocenters. The number of fused-ring (bicyclic) bond motifs is 1. The number of aromatic nitrogens is 1. The van der Waals surface area contributed by atoms with Crippen molar-refractivity contribution in [3.63, 3.8) is 0 Å². The zero-order chi connectivity index (χ0) is 21.6. The van der Waals surface area contributed by atoms with Crippen molar-refractivity contribution in [2.24, 2.45) is 0 Å². The fourth-order valence-corrected chi connectivity index (χ4v) is 4.99. The minimum atomic E-state index is -0.150. The van der Waals surface area contributed by atoms with E-state index in [-0.39, 0.29) is 17.9 Å². The molecule has 0 aliphatic carbocycles. The fraction of sp³-hybridized carbons (Fsp3) is 0.125. The SMILES string of the molecule is CC(NC(=O)CSc1nc2ccc(NC(=O)c3ccccc3)cc2s1)c1ccccc1. The molecule has 0 aliphatic rings. The number of nitrogens with zero attached hydrogens (tertiary/aromatic N) is 1. The Balaban J connectivity index is 1.36. The highest BCUT2D eigenvalue weighted by molar-refractivity contribution is 8.01. The van der Waals surface area contributed by atoms with Crippen molar-refractivity contribution in [3.05, 3.63) is 90.0 Å². The minimum Gasteiger partial charge on any atom is -0.349 e. The topological polar surface area (TPSA) is 71.1 Å². The standard InChI is InChI=1S/C24H21N3O2S2/c1-16(17-8-4-2-5-9-17)25-22(28)15-30-24-27-20-13-12-19(14-21(20)31-24)26-23(29)18-10-6-3-7-11-18/h2-14,16H,15H2,1H3,(H,25,28)(H,26,29). The van der Waals surface area contributed by atoms with E-state index in [1.54, 1.807) is 12.1 Å². The molecule has 0 saturated heterocycles. The first-order valence-electron chi connectivity index (χ1n) is 9.82. The highest BCUT2D eigenvalue weighted by Gasteiger charge is 2.12. The highest BCUT2D eigenvalue weighted by Crippen LogP contribution is 2.31. The number of nitrogens with one attached hydrogen (secondary N) is 2. The van der Waals surface area contributed by atoms with Crippen LogP contribution in [-0.2, 0) is 4.79 Å². The first-order chi connectivity index (χ1) is 15.1. The Labute approximate surface area is 188 Å². The lowest BCUT2D eigenvalue weighted by Crippen LogP contribution is -2.28. The summed E-state index contributed by atoms with van der Waals surface area (Å²) in [6, 6.07) is 24.6. The van der Waals surface area contributed by atoms with Crippen molar-refractivity contribution in [1.82, 2.24) is 10.3 Å². The van der Waals surface area contributed by atoms with Gasteiger partial charge in [0.05, 0.1) is 22.0 Å². The maximum absolute atomic E-state index is 12.4. The van der Waals surface area contributed by atoms with E-state index in [9.17, 15) is 9.59 Å². The molecule has 4 aromatic rings. The van der Waals surface area contributed by atoms with Gasteiger partial charge in [-0.05, 0) is 42.8 Å². The van der Waals surface area contributed by atoms with E-state index in [1.165, 1.54) is 23.1 Å². The van der Waals surface area contributed by atoms with Gasteiger partial charge in [0.25, 0.3) is 5.91 Å². The van der Waals surface area contributed by atoms with E-state index < -0.39 is 0 Å². The van der Waals surface area contributed by atoms with Crippen molar-refractivity contribution in [2.75, 3.05) is 11.1 Å². The average Bonchev–Trinajstić information content (AvgIpc) is 3.21. The lowest BCUT2D eigenvalue weighted by molar-refractivity contribution is -0.119. The Morgan fingerprint density at radius 2 is 1.71 bits per heavy atom. The number of thiazole rings is 1. The molecule has 1 atom stereocenters. The second kappa shape index (κ2) is 9.76. The second-order valence-electron chi connectivity index (χ2n) is 6.97. The van der Waals surface area contributed by atoms with Crippen LogP contribution in [0.4, 0.5) is 5.69 Å². The lowest BCUT2D eigenvalue weighted by Gasteiger charge is -2.13. The maximum atomic E-state index is 12.4. The van der Waals surface area contributed by atoms with Gasteiger partial charge in [0.2, 0.25) is 5.91 Å². The smallest absolute Gasteiger partial charge is 0.255 e. The summed E-state index contributed by atoms with van der Waals surface area (Å²) in [5.41, 5.74) is 3.25. The molecule has 156 valence electrons. The van der Waals surface area contributed by atoms with Gasteiger partial charge in [-0.1, -0.05) is 60.3 Å². The quantitative estimate of drug-likeness (QED) is 0.366. The van der Waals surface area contributed by atoms with E-state index in [0.717, 1.165) is 25.8 Å². The van der Waals surface area contributed by atoms with Gasteiger partial charge in [-0.15, -0.1) is 11.3 Å². The van der Waals surface area contributed by atoms with Gasteiger partial charge in [0.1, 0.15) is 0 Å². The molecule has 0 saturated carbocycles. The molecule has 4 rings (SSSR count). The normalized spacial score (nSPS) is 11.8. The molecule has 0 radical (unpaired) electrons. The Bertz CT molecular complexity index is 1190. The number of thioether (sulfide) groups is 1. The predicted molar refractivity (Wildman–Crippen MR) is 128 cm³/mol. The van der Waals surface area contributed by atoms with E-state index in [4.69, 9.17) is 0 Å². The third-order valence-corrected chi connectivity index (χ3v) is 6.83. The Kier molecular flexibility index (Phi) is 6.64. The summed E-state index contributed by atoms with van der Waals surface area (Å²) in [5, 5.41) is 5.93. The van der Waals surface area contributed by atoms with Gasteiger partial charge in [-0.3, -0.25) is 9.59 Å². The summed E-state index contributed by atoms with van der Waals surface area (Å²) in [7, 11) is 0. The number of amides is 2. The summed E-state index contributed by atoms with van der Waals surface area (Å²) in [5.74, 6) is 0.119. The summed E-state index contributed by atoms with van der Waals surface area (Å²) in [6.07, 6.45) is 0.